The summed E-state index contributed by atoms with van der Waals surface area (Å²) in [6, 6.07) is 2.61. The highest BCUT2D eigenvalue weighted by Gasteiger charge is 2.34. The quantitative estimate of drug-likeness (QED) is 0.897. The van der Waals surface area contributed by atoms with Crippen molar-refractivity contribution in [1.82, 2.24) is 5.32 Å². The summed E-state index contributed by atoms with van der Waals surface area (Å²) in [5.41, 5.74) is -2.39. The third-order valence-corrected chi connectivity index (χ3v) is 3.37. The molecule has 4 nitrogen and oxygen atoms in total. The smallest absolute Gasteiger partial charge is 0.386 e. The number of amides is 1. The van der Waals surface area contributed by atoms with Crippen molar-refractivity contribution in [2.75, 3.05) is 19.8 Å². The van der Waals surface area contributed by atoms with Gasteiger partial charge >= 0.3 is 6.18 Å². The van der Waals surface area contributed by atoms with Crippen LogP contribution in [0.25, 0.3) is 0 Å². The van der Waals surface area contributed by atoms with Crippen LogP contribution in [0.1, 0.15) is 22.3 Å². The number of hydrogen-bond acceptors (Lipinski definition) is 3. The molecule has 1 fully saturated rings. The van der Waals surface area contributed by atoms with E-state index in [9.17, 15) is 23.1 Å². The van der Waals surface area contributed by atoms with Gasteiger partial charge in [-0.15, -0.1) is 0 Å². The van der Waals surface area contributed by atoms with Crippen molar-refractivity contribution in [2.45, 2.75) is 18.2 Å². The van der Waals surface area contributed by atoms with Crippen LogP contribution < -0.4 is 5.32 Å². The van der Waals surface area contributed by atoms with Crippen LogP contribution in [-0.4, -0.2) is 36.4 Å². The fraction of sp³-hybridized carbons (Fsp3) is 0.462. The number of aliphatic hydroxyl groups is 1. The Balaban J connectivity index is 2.10. The minimum Gasteiger partial charge on any atom is -0.386 e. The number of carbonyl (C=O) groups excluding carboxylic acids is 1. The second kappa shape index (κ2) is 5.82. The minimum atomic E-state index is -4.59. The Labute approximate surface area is 123 Å². The van der Waals surface area contributed by atoms with Gasteiger partial charge in [0, 0.05) is 30.2 Å². The molecule has 1 saturated heterocycles. The number of rotatable bonds is 3. The first-order valence-electron chi connectivity index (χ1n) is 6.16. The standard InChI is InChI=1S/C13H13ClF3NO3/c14-10-4-8(3-9(5-10)13(15,16)17)11(19)18-6-12(20)1-2-21-7-12/h3-5,20H,1-2,6-7H2,(H,18,19). The summed E-state index contributed by atoms with van der Waals surface area (Å²) in [7, 11) is 0. The van der Waals surface area contributed by atoms with Gasteiger partial charge in [-0.25, -0.2) is 0 Å². The van der Waals surface area contributed by atoms with Crippen LogP contribution >= 0.6 is 11.6 Å². The third kappa shape index (κ3) is 4.09. The van der Waals surface area contributed by atoms with E-state index in [1.54, 1.807) is 0 Å². The minimum absolute atomic E-state index is 0.0800. The molecular formula is C13H13ClF3NO3. The summed E-state index contributed by atoms with van der Waals surface area (Å²) < 4.78 is 43.0. The zero-order valence-corrected chi connectivity index (χ0v) is 11.6. The Kier molecular flexibility index (Phi) is 4.46. The number of carbonyl (C=O) groups is 1. The van der Waals surface area contributed by atoms with Gasteiger partial charge in [0.1, 0.15) is 5.60 Å². The predicted octanol–water partition coefficient (Wildman–Crippen LogP) is 2.24. The van der Waals surface area contributed by atoms with Crippen LogP contribution in [0.2, 0.25) is 5.02 Å². The van der Waals surface area contributed by atoms with Gasteiger partial charge in [0.2, 0.25) is 0 Å². The number of ether oxygens (including phenoxy) is 1. The lowest BCUT2D eigenvalue weighted by Crippen LogP contribution is -2.43. The molecule has 0 bridgehead atoms. The maximum atomic E-state index is 12.7. The molecule has 0 radical (unpaired) electrons. The second-order valence-electron chi connectivity index (χ2n) is 4.94. The van der Waals surface area contributed by atoms with E-state index in [1.807, 2.05) is 0 Å². The average Bonchev–Trinajstić information content (AvgIpc) is 2.82. The predicted molar refractivity (Wildman–Crippen MR) is 69.2 cm³/mol. The molecule has 0 spiro atoms. The van der Waals surface area contributed by atoms with Crippen LogP contribution in [0.15, 0.2) is 18.2 Å². The molecule has 1 amide bonds. The van der Waals surface area contributed by atoms with Crippen molar-refractivity contribution < 1.29 is 27.8 Å². The van der Waals surface area contributed by atoms with Gasteiger partial charge in [-0.1, -0.05) is 11.6 Å². The van der Waals surface area contributed by atoms with Crippen LogP contribution in [0, 0.1) is 0 Å². The molecule has 1 unspecified atom stereocenters. The Bertz CT molecular complexity index is 542. The zero-order valence-electron chi connectivity index (χ0n) is 10.8. The van der Waals surface area contributed by atoms with Gasteiger partial charge < -0.3 is 15.2 Å². The molecule has 1 aliphatic rings. The van der Waals surface area contributed by atoms with Gasteiger partial charge in [0.05, 0.1) is 12.2 Å². The van der Waals surface area contributed by atoms with Crippen molar-refractivity contribution in [1.29, 1.82) is 0 Å². The molecule has 8 heteroatoms. The van der Waals surface area contributed by atoms with Crippen LogP contribution in [0.5, 0.6) is 0 Å². The largest absolute Gasteiger partial charge is 0.416 e. The molecular weight excluding hydrogens is 311 g/mol. The Morgan fingerprint density at radius 1 is 1.43 bits per heavy atom. The highest BCUT2D eigenvalue weighted by atomic mass is 35.5. The lowest BCUT2D eigenvalue weighted by Gasteiger charge is -2.20. The van der Waals surface area contributed by atoms with Gasteiger partial charge in [-0.3, -0.25) is 4.79 Å². The second-order valence-corrected chi connectivity index (χ2v) is 5.37. The van der Waals surface area contributed by atoms with E-state index >= 15 is 0 Å². The summed E-state index contributed by atoms with van der Waals surface area (Å²) in [5, 5.41) is 12.2. The Morgan fingerprint density at radius 3 is 2.71 bits per heavy atom. The summed E-state index contributed by atoms with van der Waals surface area (Å²) in [5.74, 6) is -0.733. The Morgan fingerprint density at radius 2 is 2.14 bits per heavy atom. The van der Waals surface area contributed by atoms with Gasteiger partial charge in [-0.2, -0.15) is 13.2 Å². The first-order valence-corrected chi connectivity index (χ1v) is 6.54. The number of benzene rings is 1. The van der Waals surface area contributed by atoms with Crippen LogP contribution in [0.4, 0.5) is 13.2 Å². The molecule has 1 atom stereocenters. The molecule has 0 aliphatic carbocycles. The fourth-order valence-electron chi connectivity index (χ4n) is 1.97. The molecule has 1 heterocycles. The zero-order chi connectivity index (χ0) is 15.7. The SMILES string of the molecule is O=C(NCC1(O)CCOC1)c1cc(Cl)cc(C(F)(F)F)c1. The first-order chi connectivity index (χ1) is 9.70. The molecule has 2 N–H and O–H groups in total. The average molecular weight is 324 g/mol. The van der Waals surface area contributed by atoms with E-state index in [2.05, 4.69) is 5.32 Å². The normalized spacial score (nSPS) is 22.3. The number of hydrogen-bond donors (Lipinski definition) is 2. The molecule has 2 rings (SSSR count). The molecule has 1 aliphatic heterocycles. The highest BCUT2D eigenvalue weighted by molar-refractivity contribution is 6.31. The summed E-state index contributed by atoms with van der Waals surface area (Å²) >= 11 is 5.61. The molecule has 116 valence electrons. The number of halogens is 4. The maximum Gasteiger partial charge on any atom is 0.416 e. The monoisotopic (exact) mass is 323 g/mol. The van der Waals surface area contributed by atoms with Crippen molar-refractivity contribution in [3.63, 3.8) is 0 Å². The van der Waals surface area contributed by atoms with E-state index in [1.165, 1.54) is 0 Å². The summed E-state index contributed by atoms with van der Waals surface area (Å²) in [6.45, 7) is 0.359. The molecule has 21 heavy (non-hydrogen) atoms. The number of nitrogens with one attached hydrogen (secondary N) is 1. The van der Waals surface area contributed by atoms with Crippen molar-refractivity contribution in [3.05, 3.63) is 34.3 Å². The summed E-state index contributed by atoms with van der Waals surface area (Å²) in [4.78, 5) is 11.9. The molecule has 0 aromatic heterocycles. The van der Waals surface area contributed by atoms with E-state index in [4.69, 9.17) is 16.3 Å². The fourth-order valence-corrected chi connectivity index (χ4v) is 2.20. The third-order valence-electron chi connectivity index (χ3n) is 3.15. The number of alkyl halides is 3. The molecule has 1 aromatic rings. The van der Waals surface area contributed by atoms with Crippen LogP contribution in [-0.2, 0) is 10.9 Å². The van der Waals surface area contributed by atoms with Crippen LogP contribution in [0.3, 0.4) is 0 Å². The van der Waals surface area contributed by atoms with Gasteiger partial charge in [0.25, 0.3) is 5.91 Å². The van der Waals surface area contributed by atoms with E-state index < -0.39 is 23.2 Å². The van der Waals surface area contributed by atoms with E-state index in [0.29, 0.717) is 13.0 Å². The van der Waals surface area contributed by atoms with Crippen molar-refractivity contribution >= 4 is 17.5 Å². The lowest BCUT2D eigenvalue weighted by molar-refractivity contribution is -0.137. The Hall–Kier alpha value is -1.31. The summed E-state index contributed by atoms with van der Waals surface area (Å²) in [6.07, 6.45) is -4.23. The van der Waals surface area contributed by atoms with Gasteiger partial charge in [-0.05, 0) is 18.2 Å². The molecule has 0 saturated carbocycles. The first kappa shape index (κ1) is 16.1. The maximum absolute atomic E-state index is 12.7. The van der Waals surface area contributed by atoms with Crippen molar-refractivity contribution in [2.24, 2.45) is 0 Å². The van der Waals surface area contributed by atoms with Crippen molar-refractivity contribution in [3.8, 4) is 0 Å². The lowest BCUT2D eigenvalue weighted by atomic mass is 10.0. The van der Waals surface area contributed by atoms with E-state index in [-0.39, 0.29) is 23.7 Å². The highest BCUT2D eigenvalue weighted by Crippen LogP contribution is 2.31. The van der Waals surface area contributed by atoms with Gasteiger partial charge in [0.15, 0.2) is 0 Å². The topological polar surface area (TPSA) is 58.6 Å². The van der Waals surface area contributed by atoms with E-state index in [0.717, 1.165) is 18.2 Å². The molecule has 1 aromatic carbocycles.